The number of likely N-dealkylation sites (N-methyl/N-ethyl adjacent to an activating group) is 1. The molecule has 0 heterocycles. The maximum atomic E-state index is 12.7. The highest BCUT2D eigenvalue weighted by molar-refractivity contribution is 7.45. The normalized spacial score (nSPS) is 14.3. The standard InChI is InChI=1S/C54H96NO7P/c1-6-8-10-12-14-16-18-20-22-24-25-26-27-28-29-30-31-32-33-35-37-39-41-43-45-47-54(56)62-53(52-61-63(57,58)60-50-48-55(3,4)5)51-59-49-46-44-42-40-38-36-34-23-21-19-17-15-13-11-9-7-2/h8,10,14,16,20,22,25-26,28-29,31-32,35,37,53H,6-7,9,11-13,15,17-19,21,23-24,27,30,33-34,36,38-52H2,1-5H3/b10-8-,16-14-,22-20-,26-25-,29-28-,32-31-,37-35-. The van der Waals surface area contributed by atoms with Crippen LogP contribution in [0.25, 0.3) is 0 Å². The summed E-state index contributed by atoms with van der Waals surface area (Å²) in [7, 11) is 1.33. The summed E-state index contributed by atoms with van der Waals surface area (Å²) in [6, 6.07) is 0. The highest BCUT2D eigenvalue weighted by atomic mass is 31.2. The number of hydrogen-bond donors (Lipinski definition) is 0. The molecule has 0 radical (unpaired) electrons. The Morgan fingerprint density at radius 2 is 0.921 bits per heavy atom. The van der Waals surface area contributed by atoms with E-state index >= 15 is 0 Å². The molecule has 0 saturated heterocycles. The molecule has 0 bridgehead atoms. The second-order valence-electron chi connectivity index (χ2n) is 17.8. The van der Waals surface area contributed by atoms with Gasteiger partial charge >= 0.3 is 5.97 Å². The highest BCUT2D eigenvalue weighted by Crippen LogP contribution is 2.38. The van der Waals surface area contributed by atoms with Crippen molar-refractivity contribution < 1.29 is 37.3 Å². The molecule has 0 rings (SSSR count). The van der Waals surface area contributed by atoms with Crippen molar-refractivity contribution in [2.45, 2.75) is 200 Å². The minimum absolute atomic E-state index is 0.0161. The maximum Gasteiger partial charge on any atom is 0.306 e. The molecular weight excluding hydrogens is 806 g/mol. The zero-order valence-electron chi connectivity index (χ0n) is 41.2. The van der Waals surface area contributed by atoms with Gasteiger partial charge in [-0.2, -0.15) is 0 Å². The van der Waals surface area contributed by atoms with E-state index in [1.54, 1.807) is 0 Å². The number of hydrogen-bond acceptors (Lipinski definition) is 7. The number of esters is 1. The number of nitrogens with zero attached hydrogens (tertiary/aromatic N) is 1. The van der Waals surface area contributed by atoms with Crippen LogP contribution in [0.15, 0.2) is 85.1 Å². The Hall–Kier alpha value is -2.32. The van der Waals surface area contributed by atoms with Crippen molar-refractivity contribution in [1.29, 1.82) is 0 Å². The fourth-order valence-electron chi connectivity index (χ4n) is 6.59. The van der Waals surface area contributed by atoms with Gasteiger partial charge in [0.15, 0.2) is 0 Å². The average Bonchev–Trinajstić information content (AvgIpc) is 3.24. The molecule has 0 aromatic rings. The van der Waals surface area contributed by atoms with Crippen molar-refractivity contribution in [2.24, 2.45) is 0 Å². The molecule has 0 N–H and O–H groups in total. The van der Waals surface area contributed by atoms with Gasteiger partial charge in [0.05, 0.1) is 34.4 Å². The molecule has 0 saturated carbocycles. The van der Waals surface area contributed by atoms with Crippen LogP contribution >= 0.6 is 7.82 Å². The Labute approximate surface area is 388 Å². The Morgan fingerprint density at radius 3 is 1.37 bits per heavy atom. The van der Waals surface area contributed by atoms with Crippen molar-refractivity contribution in [3.05, 3.63) is 85.1 Å². The van der Waals surface area contributed by atoms with E-state index in [4.69, 9.17) is 18.5 Å². The van der Waals surface area contributed by atoms with Crippen LogP contribution in [0, 0.1) is 0 Å². The Balaban J connectivity index is 4.25. The van der Waals surface area contributed by atoms with E-state index in [9.17, 15) is 14.3 Å². The van der Waals surface area contributed by atoms with Crippen LogP contribution in [0.1, 0.15) is 194 Å². The lowest BCUT2D eigenvalue weighted by atomic mass is 10.0. The smallest absolute Gasteiger partial charge is 0.306 e. The van der Waals surface area contributed by atoms with Crippen LogP contribution in [-0.2, 0) is 27.9 Å². The van der Waals surface area contributed by atoms with E-state index in [1.165, 1.54) is 89.9 Å². The van der Waals surface area contributed by atoms with E-state index in [0.29, 0.717) is 24.1 Å². The molecular formula is C54H96NO7P. The molecule has 2 unspecified atom stereocenters. The molecule has 0 aliphatic rings. The summed E-state index contributed by atoms with van der Waals surface area (Å²) in [6.07, 6.45) is 61.8. The number of carbonyl (C=O) groups is 1. The second-order valence-corrected chi connectivity index (χ2v) is 19.2. The van der Waals surface area contributed by atoms with Gasteiger partial charge in [-0.3, -0.25) is 9.36 Å². The second kappa shape index (κ2) is 46.2. The predicted octanol–water partition coefficient (Wildman–Crippen LogP) is 15.0. The molecule has 0 spiro atoms. The molecule has 0 fully saturated rings. The first-order chi connectivity index (χ1) is 30.6. The van der Waals surface area contributed by atoms with Gasteiger partial charge < -0.3 is 27.9 Å². The first-order valence-corrected chi connectivity index (χ1v) is 26.8. The largest absolute Gasteiger partial charge is 0.756 e. The van der Waals surface area contributed by atoms with Crippen LogP contribution in [0.3, 0.4) is 0 Å². The van der Waals surface area contributed by atoms with Gasteiger partial charge in [-0.05, 0) is 70.6 Å². The molecule has 63 heavy (non-hydrogen) atoms. The first-order valence-electron chi connectivity index (χ1n) is 25.3. The Morgan fingerprint density at radius 1 is 0.508 bits per heavy atom. The number of rotatable bonds is 46. The number of carbonyl (C=O) groups excluding carboxylic acids is 1. The topological polar surface area (TPSA) is 94.1 Å². The summed E-state index contributed by atoms with van der Waals surface area (Å²) < 4.78 is 34.7. The lowest BCUT2D eigenvalue weighted by Gasteiger charge is -2.28. The van der Waals surface area contributed by atoms with Crippen LogP contribution in [0.2, 0.25) is 0 Å². The zero-order valence-corrected chi connectivity index (χ0v) is 42.1. The lowest BCUT2D eigenvalue weighted by Crippen LogP contribution is -2.37. The molecule has 9 heteroatoms. The SMILES string of the molecule is CC/C=C\C/C=C\C/C=C\C/C=C\C/C=C\C/C=C\C/C=C\CCCCCC(=O)OC(COCCCCCCCCCCCCCCCCCC)COP(=O)([O-])OCC[N+](C)(C)C. The van der Waals surface area contributed by atoms with Gasteiger partial charge in [0.2, 0.25) is 0 Å². The number of allylic oxidation sites excluding steroid dienone is 14. The quantitative estimate of drug-likeness (QED) is 0.0197. The minimum Gasteiger partial charge on any atom is -0.756 e. The van der Waals surface area contributed by atoms with Crippen molar-refractivity contribution in [3.8, 4) is 0 Å². The molecule has 0 aromatic heterocycles. The molecule has 0 aliphatic heterocycles. The van der Waals surface area contributed by atoms with E-state index < -0.39 is 13.9 Å². The van der Waals surface area contributed by atoms with Crippen molar-refractivity contribution >= 4 is 13.8 Å². The third kappa shape index (κ3) is 50.5. The van der Waals surface area contributed by atoms with Gasteiger partial charge in [0, 0.05) is 13.0 Å². The monoisotopic (exact) mass is 902 g/mol. The minimum atomic E-state index is -4.54. The molecule has 8 nitrogen and oxygen atoms in total. The highest BCUT2D eigenvalue weighted by Gasteiger charge is 2.20. The first kappa shape index (κ1) is 60.7. The van der Waals surface area contributed by atoms with Crippen molar-refractivity contribution in [3.63, 3.8) is 0 Å². The Kier molecular flexibility index (Phi) is 44.5. The number of phosphoric ester groups is 1. The van der Waals surface area contributed by atoms with Crippen LogP contribution in [-0.4, -0.2) is 70.7 Å². The van der Waals surface area contributed by atoms with Crippen molar-refractivity contribution in [1.82, 2.24) is 0 Å². The number of ether oxygens (including phenoxy) is 2. The zero-order chi connectivity index (χ0) is 46.2. The molecule has 364 valence electrons. The van der Waals surface area contributed by atoms with E-state index in [0.717, 1.165) is 77.0 Å². The predicted molar refractivity (Wildman–Crippen MR) is 268 cm³/mol. The molecule has 0 aromatic carbocycles. The van der Waals surface area contributed by atoms with Crippen LogP contribution < -0.4 is 4.89 Å². The van der Waals surface area contributed by atoms with Crippen LogP contribution in [0.4, 0.5) is 0 Å². The summed E-state index contributed by atoms with van der Waals surface area (Å²) in [6.45, 7) is 5.26. The average molecular weight is 902 g/mol. The van der Waals surface area contributed by atoms with Gasteiger partial charge in [0.25, 0.3) is 7.82 Å². The summed E-state index contributed by atoms with van der Waals surface area (Å²) in [4.78, 5) is 25.2. The molecule has 2 atom stereocenters. The number of phosphoric acid groups is 1. The third-order valence-electron chi connectivity index (χ3n) is 10.5. The fourth-order valence-corrected chi connectivity index (χ4v) is 7.31. The Bertz CT molecular complexity index is 1280. The van der Waals surface area contributed by atoms with Gasteiger partial charge in [-0.15, -0.1) is 0 Å². The van der Waals surface area contributed by atoms with Gasteiger partial charge in [-0.25, -0.2) is 0 Å². The van der Waals surface area contributed by atoms with E-state index in [1.807, 2.05) is 21.1 Å². The summed E-state index contributed by atoms with van der Waals surface area (Å²) in [5.74, 6) is -0.366. The summed E-state index contributed by atoms with van der Waals surface area (Å²) in [5.41, 5.74) is 0. The molecule has 0 amide bonds. The lowest BCUT2D eigenvalue weighted by molar-refractivity contribution is -0.870. The summed E-state index contributed by atoms with van der Waals surface area (Å²) >= 11 is 0. The maximum absolute atomic E-state index is 12.7. The third-order valence-corrected chi connectivity index (χ3v) is 11.4. The van der Waals surface area contributed by atoms with Crippen molar-refractivity contribution in [2.75, 3.05) is 54.1 Å². The fraction of sp³-hybridized carbons (Fsp3) is 0.722. The van der Waals surface area contributed by atoms with Crippen LogP contribution in [0.5, 0.6) is 0 Å². The van der Waals surface area contributed by atoms with E-state index in [2.05, 4.69) is 98.9 Å². The number of quaternary nitrogens is 1. The van der Waals surface area contributed by atoms with Gasteiger partial charge in [-0.1, -0.05) is 202 Å². The summed E-state index contributed by atoms with van der Waals surface area (Å²) in [5, 5.41) is 0. The van der Waals surface area contributed by atoms with Gasteiger partial charge in [0.1, 0.15) is 19.3 Å². The molecule has 0 aliphatic carbocycles. The van der Waals surface area contributed by atoms with E-state index in [-0.39, 0.29) is 32.2 Å². The number of unbranched alkanes of at least 4 members (excludes halogenated alkanes) is 18.